The summed E-state index contributed by atoms with van der Waals surface area (Å²) in [6, 6.07) is 7.90. The lowest BCUT2D eigenvalue weighted by molar-refractivity contribution is 0.414. The number of aromatic amines is 1. The lowest BCUT2D eigenvalue weighted by Gasteiger charge is -2.01. The topological polar surface area (TPSA) is 89.7 Å². The first-order valence-corrected chi connectivity index (χ1v) is 7.34. The van der Waals surface area contributed by atoms with E-state index in [4.69, 9.17) is 10.5 Å². The predicted octanol–water partition coefficient (Wildman–Crippen LogP) is 2.03. The average Bonchev–Trinajstić information content (AvgIpc) is 3.09. The van der Waals surface area contributed by atoms with Gasteiger partial charge in [-0.25, -0.2) is 9.97 Å². The van der Waals surface area contributed by atoms with Gasteiger partial charge in [-0.05, 0) is 17.7 Å². The third-order valence-corrected chi connectivity index (χ3v) is 3.74. The lowest BCUT2D eigenvalue weighted by atomic mass is 10.1. The van der Waals surface area contributed by atoms with Crippen LogP contribution in [0.2, 0.25) is 0 Å². The highest BCUT2D eigenvalue weighted by Gasteiger charge is 2.07. The van der Waals surface area contributed by atoms with Gasteiger partial charge in [-0.15, -0.1) is 11.3 Å². The Balaban J connectivity index is 1.66. The van der Waals surface area contributed by atoms with Crippen LogP contribution in [0.3, 0.4) is 0 Å². The number of nitrogens with one attached hydrogen (secondary N) is 1. The highest BCUT2D eigenvalue weighted by Crippen LogP contribution is 2.15. The van der Waals surface area contributed by atoms with Gasteiger partial charge in [0.2, 0.25) is 0 Å². The molecular formula is C14H15N5OS. The van der Waals surface area contributed by atoms with Crippen LogP contribution in [0.15, 0.2) is 29.6 Å². The Hall–Kier alpha value is -2.41. The van der Waals surface area contributed by atoms with Crippen molar-refractivity contribution in [2.45, 2.75) is 12.8 Å². The van der Waals surface area contributed by atoms with E-state index < -0.39 is 0 Å². The number of hydrogen-bond acceptors (Lipinski definition) is 6. The summed E-state index contributed by atoms with van der Waals surface area (Å²) in [7, 11) is 1.66. The van der Waals surface area contributed by atoms with Gasteiger partial charge in [-0.2, -0.15) is 5.10 Å². The molecule has 0 aliphatic rings. The zero-order valence-corrected chi connectivity index (χ0v) is 12.4. The number of nitrogens with zero attached hydrogens (tertiary/aromatic N) is 3. The molecule has 0 atom stereocenters. The van der Waals surface area contributed by atoms with Gasteiger partial charge in [0.05, 0.1) is 19.2 Å². The molecule has 0 fully saturated rings. The Labute approximate surface area is 126 Å². The van der Waals surface area contributed by atoms with Gasteiger partial charge in [0.1, 0.15) is 11.6 Å². The van der Waals surface area contributed by atoms with Crippen molar-refractivity contribution in [3.8, 4) is 5.75 Å². The summed E-state index contributed by atoms with van der Waals surface area (Å²) >= 11 is 1.43. The summed E-state index contributed by atoms with van der Waals surface area (Å²) < 4.78 is 5.14. The van der Waals surface area contributed by atoms with Gasteiger partial charge >= 0.3 is 0 Å². The monoisotopic (exact) mass is 301 g/mol. The number of hydrogen-bond donors (Lipinski definition) is 2. The third-order valence-electron chi connectivity index (χ3n) is 3.02. The number of benzene rings is 1. The van der Waals surface area contributed by atoms with Crippen LogP contribution in [0.5, 0.6) is 5.75 Å². The smallest absolute Gasteiger partial charge is 0.180 e. The molecule has 2 heterocycles. The summed E-state index contributed by atoms with van der Waals surface area (Å²) in [5.74, 6) is 2.40. The van der Waals surface area contributed by atoms with E-state index in [0.717, 1.165) is 28.7 Å². The van der Waals surface area contributed by atoms with Crippen LogP contribution < -0.4 is 10.5 Å². The van der Waals surface area contributed by atoms with Crippen molar-refractivity contribution in [3.63, 3.8) is 0 Å². The number of H-pyrrole nitrogens is 1. The van der Waals surface area contributed by atoms with Crippen molar-refractivity contribution in [1.82, 2.24) is 20.2 Å². The molecule has 0 spiro atoms. The van der Waals surface area contributed by atoms with E-state index in [2.05, 4.69) is 20.2 Å². The highest BCUT2D eigenvalue weighted by atomic mass is 32.1. The van der Waals surface area contributed by atoms with Gasteiger partial charge in [-0.3, -0.25) is 5.10 Å². The van der Waals surface area contributed by atoms with Crippen LogP contribution in [-0.4, -0.2) is 27.3 Å². The first-order valence-electron chi connectivity index (χ1n) is 6.46. The second-order valence-electron chi connectivity index (χ2n) is 4.58. The maximum Gasteiger partial charge on any atom is 0.180 e. The van der Waals surface area contributed by atoms with Gasteiger partial charge < -0.3 is 10.5 Å². The Kier molecular flexibility index (Phi) is 3.83. The molecule has 3 aromatic rings. The summed E-state index contributed by atoms with van der Waals surface area (Å²) in [4.78, 5) is 8.69. The van der Waals surface area contributed by atoms with Crippen molar-refractivity contribution in [1.29, 1.82) is 0 Å². The molecular weight excluding hydrogens is 286 g/mol. The van der Waals surface area contributed by atoms with Crippen LogP contribution in [0, 0.1) is 0 Å². The quantitative estimate of drug-likeness (QED) is 0.752. The number of thiazole rings is 1. The molecule has 1 aromatic carbocycles. The van der Waals surface area contributed by atoms with Crippen LogP contribution in [0.4, 0.5) is 5.13 Å². The molecule has 2 aromatic heterocycles. The second-order valence-corrected chi connectivity index (χ2v) is 5.47. The third kappa shape index (κ3) is 3.38. The summed E-state index contributed by atoms with van der Waals surface area (Å²) in [5, 5.41) is 9.67. The second kappa shape index (κ2) is 5.92. The SMILES string of the molecule is COc1ccc(Cc2nc(Cc3csc(N)n3)n[nH]2)cc1. The molecule has 0 saturated heterocycles. The minimum Gasteiger partial charge on any atom is -0.497 e. The van der Waals surface area contributed by atoms with E-state index in [1.54, 1.807) is 7.11 Å². The molecule has 7 heteroatoms. The van der Waals surface area contributed by atoms with Crippen LogP contribution in [0.25, 0.3) is 0 Å². The van der Waals surface area contributed by atoms with Crippen LogP contribution >= 0.6 is 11.3 Å². The molecule has 0 unspecified atom stereocenters. The van der Waals surface area contributed by atoms with Crippen LogP contribution in [-0.2, 0) is 12.8 Å². The van der Waals surface area contributed by atoms with E-state index in [1.807, 2.05) is 29.6 Å². The molecule has 0 amide bonds. The molecule has 21 heavy (non-hydrogen) atoms. The van der Waals surface area contributed by atoms with Crippen molar-refractivity contribution in [2.75, 3.05) is 12.8 Å². The van der Waals surface area contributed by atoms with Gasteiger partial charge in [0.25, 0.3) is 0 Å². The van der Waals surface area contributed by atoms with Crippen molar-refractivity contribution in [2.24, 2.45) is 0 Å². The summed E-state index contributed by atoms with van der Waals surface area (Å²) in [6.45, 7) is 0. The van der Waals surface area contributed by atoms with Gasteiger partial charge in [-0.1, -0.05) is 12.1 Å². The first kappa shape index (κ1) is 13.6. The van der Waals surface area contributed by atoms with E-state index in [-0.39, 0.29) is 0 Å². The summed E-state index contributed by atoms with van der Waals surface area (Å²) in [5.41, 5.74) is 7.66. The van der Waals surface area contributed by atoms with Crippen molar-refractivity contribution >= 4 is 16.5 Å². The zero-order chi connectivity index (χ0) is 14.7. The number of ether oxygens (including phenoxy) is 1. The molecule has 0 saturated carbocycles. The number of anilines is 1. The Morgan fingerprint density at radius 3 is 2.67 bits per heavy atom. The number of methoxy groups -OCH3 is 1. The molecule has 108 valence electrons. The number of aromatic nitrogens is 4. The minimum atomic E-state index is 0.569. The largest absolute Gasteiger partial charge is 0.497 e. The molecule has 3 rings (SSSR count). The molecule has 0 aliphatic carbocycles. The minimum absolute atomic E-state index is 0.569. The van der Waals surface area contributed by atoms with Crippen LogP contribution in [0.1, 0.15) is 22.9 Å². The number of rotatable bonds is 5. The van der Waals surface area contributed by atoms with E-state index in [1.165, 1.54) is 11.3 Å². The maximum absolute atomic E-state index is 5.61. The maximum atomic E-state index is 5.61. The van der Waals surface area contributed by atoms with Crippen molar-refractivity contribution < 1.29 is 4.74 Å². The average molecular weight is 301 g/mol. The molecule has 0 radical (unpaired) electrons. The van der Waals surface area contributed by atoms with Crippen molar-refractivity contribution in [3.05, 3.63) is 52.6 Å². The molecule has 0 aliphatic heterocycles. The number of nitrogen functional groups attached to an aromatic ring is 1. The molecule has 0 bridgehead atoms. The predicted molar refractivity (Wildman–Crippen MR) is 81.5 cm³/mol. The zero-order valence-electron chi connectivity index (χ0n) is 11.5. The van der Waals surface area contributed by atoms with Gasteiger partial charge in [0.15, 0.2) is 11.0 Å². The standard InChI is InChI=1S/C14H15N5OS/c1-20-11-4-2-9(3-5-11)6-12-17-13(19-18-12)7-10-8-21-14(15)16-10/h2-5,8H,6-7H2,1H3,(H2,15,16)(H,17,18,19). The fraction of sp³-hybridized carbons (Fsp3) is 0.214. The van der Waals surface area contributed by atoms with Gasteiger partial charge in [0, 0.05) is 11.8 Å². The molecule has 6 nitrogen and oxygen atoms in total. The number of nitrogens with two attached hydrogens (primary N) is 1. The van der Waals surface area contributed by atoms with E-state index in [9.17, 15) is 0 Å². The molecule has 3 N–H and O–H groups in total. The Morgan fingerprint density at radius 2 is 2.00 bits per heavy atom. The highest BCUT2D eigenvalue weighted by molar-refractivity contribution is 7.13. The summed E-state index contributed by atoms with van der Waals surface area (Å²) in [6.07, 6.45) is 1.29. The fourth-order valence-electron chi connectivity index (χ4n) is 2.00. The van der Waals surface area contributed by atoms with E-state index >= 15 is 0 Å². The Morgan fingerprint density at radius 1 is 1.19 bits per heavy atom. The lowest BCUT2D eigenvalue weighted by Crippen LogP contribution is -1.94. The Bertz CT molecular complexity index is 719. The van der Waals surface area contributed by atoms with E-state index in [0.29, 0.717) is 18.0 Å². The fourth-order valence-corrected chi connectivity index (χ4v) is 2.56. The normalized spacial score (nSPS) is 10.7. The first-order chi connectivity index (χ1) is 10.2.